The van der Waals surface area contributed by atoms with Crippen LogP contribution in [0.3, 0.4) is 0 Å². The molecule has 1 amide bonds. The summed E-state index contributed by atoms with van der Waals surface area (Å²) in [6, 6.07) is 9.14. The Balaban J connectivity index is 0.000000318. The van der Waals surface area contributed by atoms with Gasteiger partial charge in [-0.05, 0) is 25.3 Å². The van der Waals surface area contributed by atoms with Crippen LogP contribution in [0.4, 0.5) is 13.2 Å². The average molecular weight is 428 g/mol. The Morgan fingerprint density at radius 3 is 2.43 bits per heavy atom. The lowest BCUT2D eigenvalue weighted by Crippen LogP contribution is -2.40. The Kier molecular flexibility index (Phi) is 7.02. The molecule has 0 radical (unpaired) electrons. The average Bonchev–Trinajstić information content (AvgIpc) is 3.22. The van der Waals surface area contributed by atoms with Gasteiger partial charge in [-0.15, -0.1) is 0 Å². The molecule has 4 rings (SSSR count). The number of alkyl halides is 3. The van der Waals surface area contributed by atoms with Gasteiger partial charge in [0, 0.05) is 51.4 Å². The molecule has 3 aliphatic heterocycles. The number of nitrogens with zero attached hydrogens (tertiary/aromatic N) is 2. The zero-order valence-corrected chi connectivity index (χ0v) is 16.9. The third-order valence-corrected chi connectivity index (χ3v) is 5.96. The van der Waals surface area contributed by atoms with Crippen molar-refractivity contribution in [1.82, 2.24) is 9.80 Å². The molecule has 1 aromatic carbocycles. The van der Waals surface area contributed by atoms with Crippen molar-refractivity contribution in [2.45, 2.75) is 38.5 Å². The van der Waals surface area contributed by atoms with Crippen molar-refractivity contribution in [3.05, 3.63) is 35.4 Å². The van der Waals surface area contributed by atoms with Crippen LogP contribution >= 0.6 is 0 Å². The molecule has 0 saturated carbocycles. The lowest BCUT2D eigenvalue weighted by Gasteiger charge is -2.32. The van der Waals surface area contributed by atoms with Crippen molar-refractivity contribution >= 4 is 11.9 Å². The number of carboxylic acid groups (broad SMARTS) is 1. The van der Waals surface area contributed by atoms with E-state index in [1.165, 1.54) is 11.1 Å². The third-order valence-electron chi connectivity index (χ3n) is 5.96. The van der Waals surface area contributed by atoms with E-state index in [4.69, 9.17) is 14.6 Å². The Morgan fingerprint density at radius 2 is 1.87 bits per heavy atom. The maximum absolute atomic E-state index is 12.8. The quantitative estimate of drug-likeness (QED) is 0.802. The number of fused-ring (bicyclic) bond motifs is 1. The van der Waals surface area contributed by atoms with Gasteiger partial charge in [0.15, 0.2) is 0 Å². The van der Waals surface area contributed by atoms with Gasteiger partial charge in [0.25, 0.3) is 0 Å². The Bertz CT molecular complexity index is 765. The fourth-order valence-electron chi connectivity index (χ4n) is 4.50. The molecule has 0 aromatic heterocycles. The first-order valence-electron chi connectivity index (χ1n) is 10.1. The number of likely N-dealkylation sites (tertiary alicyclic amines) is 2. The number of carbonyl (C=O) groups is 2. The van der Waals surface area contributed by atoms with E-state index < -0.39 is 12.1 Å². The van der Waals surface area contributed by atoms with Crippen LogP contribution in [0.25, 0.3) is 0 Å². The summed E-state index contributed by atoms with van der Waals surface area (Å²) in [5.41, 5.74) is 2.51. The Labute approximate surface area is 173 Å². The molecule has 1 N–H and O–H groups in total. The van der Waals surface area contributed by atoms with E-state index in [2.05, 4.69) is 41.0 Å². The number of halogens is 3. The molecular weight excluding hydrogens is 401 g/mol. The number of benzene rings is 1. The number of hydrogen-bond donors (Lipinski definition) is 1. The molecule has 1 aromatic rings. The summed E-state index contributed by atoms with van der Waals surface area (Å²) in [6.07, 6.45) is -2.83. The van der Waals surface area contributed by atoms with Crippen LogP contribution < -0.4 is 0 Å². The minimum Gasteiger partial charge on any atom is -0.475 e. The molecule has 6 nitrogen and oxygen atoms in total. The lowest BCUT2D eigenvalue weighted by atomic mass is 10.0. The van der Waals surface area contributed by atoms with Gasteiger partial charge < -0.3 is 14.7 Å². The van der Waals surface area contributed by atoms with Gasteiger partial charge in [-0.3, -0.25) is 9.69 Å². The number of rotatable bonds is 3. The molecule has 2 atom stereocenters. The highest BCUT2D eigenvalue weighted by Crippen LogP contribution is 2.35. The lowest BCUT2D eigenvalue weighted by molar-refractivity contribution is -0.192. The number of ether oxygens (including phenoxy) is 1. The highest BCUT2D eigenvalue weighted by atomic mass is 19.4. The van der Waals surface area contributed by atoms with Crippen molar-refractivity contribution < 1.29 is 32.6 Å². The monoisotopic (exact) mass is 428 g/mol. The second-order valence-electron chi connectivity index (χ2n) is 8.17. The Hall–Kier alpha value is -2.13. The number of carbonyl (C=O) groups excluding carboxylic acids is 1. The molecule has 3 saturated heterocycles. The summed E-state index contributed by atoms with van der Waals surface area (Å²) < 4.78 is 37.2. The van der Waals surface area contributed by atoms with E-state index in [1.807, 2.05) is 0 Å². The smallest absolute Gasteiger partial charge is 0.475 e. The summed E-state index contributed by atoms with van der Waals surface area (Å²) in [6.45, 7) is 7.61. The first kappa shape index (κ1) is 22.6. The van der Waals surface area contributed by atoms with Crippen molar-refractivity contribution in [2.75, 3.05) is 32.8 Å². The van der Waals surface area contributed by atoms with Crippen LogP contribution in [0.5, 0.6) is 0 Å². The molecule has 166 valence electrons. The highest BCUT2D eigenvalue weighted by Gasteiger charge is 2.47. The van der Waals surface area contributed by atoms with Gasteiger partial charge >= 0.3 is 12.1 Å². The largest absolute Gasteiger partial charge is 0.490 e. The molecule has 3 heterocycles. The standard InChI is InChI=1S/C19H26N2O2.C2HF3O2/c1-14-3-2-4-15(9-14)10-21-12-16-11-20(13-18(16)19(21)22)17-5-7-23-8-6-17;3-2(4,5)1(6)7/h2-4,9,16-18H,5-8,10-13H2,1H3;(H,6,7)/t16-,18-;/m0./s1. The van der Waals surface area contributed by atoms with E-state index in [0.717, 1.165) is 52.2 Å². The fraction of sp³-hybridized carbons (Fsp3) is 0.619. The van der Waals surface area contributed by atoms with E-state index >= 15 is 0 Å². The van der Waals surface area contributed by atoms with E-state index in [9.17, 15) is 18.0 Å². The summed E-state index contributed by atoms with van der Waals surface area (Å²) in [5, 5.41) is 7.12. The molecule has 9 heteroatoms. The van der Waals surface area contributed by atoms with Crippen molar-refractivity contribution in [3.63, 3.8) is 0 Å². The van der Waals surface area contributed by atoms with Crippen molar-refractivity contribution in [1.29, 1.82) is 0 Å². The molecule has 0 unspecified atom stereocenters. The second kappa shape index (κ2) is 9.34. The van der Waals surface area contributed by atoms with Gasteiger partial charge in [-0.2, -0.15) is 13.2 Å². The van der Waals surface area contributed by atoms with Crippen LogP contribution in [0.2, 0.25) is 0 Å². The molecule has 3 aliphatic rings. The SMILES string of the molecule is Cc1cccc(CN2C[C@@H]3CN(C4CCOCC4)C[C@@H]3C2=O)c1.O=C(O)C(F)(F)F. The highest BCUT2D eigenvalue weighted by molar-refractivity contribution is 5.82. The van der Waals surface area contributed by atoms with E-state index in [1.54, 1.807) is 0 Å². The molecule has 0 spiro atoms. The molecule has 30 heavy (non-hydrogen) atoms. The number of carboxylic acids is 1. The Morgan fingerprint density at radius 1 is 1.20 bits per heavy atom. The van der Waals surface area contributed by atoms with Crippen LogP contribution in [-0.2, 0) is 20.9 Å². The topological polar surface area (TPSA) is 70.1 Å². The first-order chi connectivity index (χ1) is 14.1. The molecule has 3 fully saturated rings. The maximum atomic E-state index is 12.8. The van der Waals surface area contributed by atoms with Gasteiger partial charge in [-0.1, -0.05) is 29.8 Å². The zero-order chi connectivity index (χ0) is 21.9. The van der Waals surface area contributed by atoms with Gasteiger partial charge in [0.05, 0.1) is 5.92 Å². The summed E-state index contributed by atoms with van der Waals surface area (Å²) in [4.78, 5) is 26.3. The fourth-order valence-corrected chi connectivity index (χ4v) is 4.50. The normalized spacial score (nSPS) is 25.1. The zero-order valence-electron chi connectivity index (χ0n) is 16.9. The maximum Gasteiger partial charge on any atom is 0.490 e. The van der Waals surface area contributed by atoms with Crippen molar-refractivity contribution in [3.8, 4) is 0 Å². The summed E-state index contributed by atoms with van der Waals surface area (Å²) >= 11 is 0. The first-order valence-corrected chi connectivity index (χ1v) is 10.1. The molecule has 0 bridgehead atoms. The van der Waals surface area contributed by atoms with Crippen molar-refractivity contribution in [2.24, 2.45) is 11.8 Å². The van der Waals surface area contributed by atoms with Crippen LogP contribution in [-0.4, -0.2) is 71.8 Å². The van der Waals surface area contributed by atoms with Crippen LogP contribution in [0.1, 0.15) is 24.0 Å². The molecular formula is C21H27F3N2O4. The minimum atomic E-state index is -5.08. The predicted octanol–water partition coefficient (Wildman–Crippen LogP) is 2.70. The summed E-state index contributed by atoms with van der Waals surface area (Å²) in [7, 11) is 0. The number of aliphatic carboxylic acids is 1. The summed E-state index contributed by atoms with van der Waals surface area (Å²) in [5.74, 6) is -1.64. The number of hydrogen-bond acceptors (Lipinski definition) is 4. The number of aryl methyl sites for hydroxylation is 1. The second-order valence-corrected chi connectivity index (χ2v) is 8.17. The van der Waals surface area contributed by atoms with Crippen LogP contribution in [0, 0.1) is 18.8 Å². The molecule has 0 aliphatic carbocycles. The third kappa shape index (κ3) is 5.51. The van der Waals surface area contributed by atoms with E-state index in [-0.39, 0.29) is 5.92 Å². The number of amides is 1. The van der Waals surface area contributed by atoms with Gasteiger partial charge in [-0.25, -0.2) is 4.79 Å². The predicted molar refractivity (Wildman–Crippen MR) is 103 cm³/mol. The van der Waals surface area contributed by atoms with Gasteiger partial charge in [0.2, 0.25) is 5.91 Å². The van der Waals surface area contributed by atoms with Gasteiger partial charge in [0.1, 0.15) is 0 Å². The van der Waals surface area contributed by atoms with Crippen LogP contribution in [0.15, 0.2) is 24.3 Å². The van der Waals surface area contributed by atoms with E-state index in [0.29, 0.717) is 17.9 Å². The minimum absolute atomic E-state index is 0.225.